The molecule has 0 saturated carbocycles. The van der Waals surface area contributed by atoms with Gasteiger partial charge in [-0.1, -0.05) is 146 Å². The van der Waals surface area contributed by atoms with Gasteiger partial charge in [-0.2, -0.15) is 9.97 Å². The van der Waals surface area contributed by atoms with E-state index in [9.17, 15) is 0 Å². The number of hydrogen-bond donors (Lipinski definition) is 0. The predicted octanol–water partition coefficient (Wildman–Crippen LogP) is 14.4. The summed E-state index contributed by atoms with van der Waals surface area (Å²) in [5.74, 6) is 1.75. The van der Waals surface area contributed by atoms with Gasteiger partial charge in [0.05, 0.1) is 11.0 Å². The van der Waals surface area contributed by atoms with E-state index in [2.05, 4.69) is 187 Å². The molecule has 12 rings (SSSR count). The second kappa shape index (κ2) is 13.8. The van der Waals surface area contributed by atoms with Gasteiger partial charge in [-0.15, -0.1) is 0 Å². The zero-order valence-electron chi connectivity index (χ0n) is 32.3. The molecule has 0 saturated heterocycles. The monoisotopic (exact) mass is 766 g/mol. The van der Waals surface area contributed by atoms with E-state index in [1.165, 1.54) is 0 Å². The molecule has 0 aliphatic carbocycles. The first-order valence-electron chi connectivity index (χ1n) is 20.2. The maximum Gasteiger partial charge on any atom is 0.238 e. The van der Waals surface area contributed by atoms with E-state index < -0.39 is 0 Å². The van der Waals surface area contributed by atoms with Crippen LogP contribution in [0.4, 0.5) is 0 Å². The number of fused-ring (bicyclic) bond motifs is 8. The number of rotatable bonds is 6. The lowest BCUT2D eigenvalue weighted by molar-refractivity contribution is 0.672. The summed E-state index contributed by atoms with van der Waals surface area (Å²) in [5, 5.41) is 6.76. The Bertz CT molecular complexity index is 3490. The molecular formula is C55H34N4O. The summed E-state index contributed by atoms with van der Waals surface area (Å²) in [6.45, 7) is 0. The van der Waals surface area contributed by atoms with Crippen LogP contribution in [-0.2, 0) is 0 Å². The first kappa shape index (κ1) is 33.9. The molecule has 12 aromatic rings. The molecule has 0 N–H and O–H groups in total. The molecule has 3 aromatic heterocycles. The molecule has 0 aliphatic heterocycles. The number of hydrogen-bond acceptors (Lipinski definition) is 4. The Hall–Kier alpha value is -8.15. The summed E-state index contributed by atoms with van der Waals surface area (Å²) in [7, 11) is 0. The maximum atomic E-state index is 6.37. The number of aromatic nitrogens is 4. The smallest absolute Gasteiger partial charge is 0.238 e. The number of para-hydroxylation sites is 3. The first-order chi connectivity index (χ1) is 29.7. The highest BCUT2D eigenvalue weighted by Crippen LogP contribution is 2.38. The van der Waals surface area contributed by atoms with Gasteiger partial charge < -0.3 is 4.42 Å². The standard InChI is InChI=1S/C55H34N4O/c1-3-14-35(15-4-1)41-32-42(36-16-5-2-6-17-36)34-43(33-41)54-56-53(57-55(58-54)59-49-23-10-7-20-45(49)46-21-8-11-24-50(46)59)40-19-13-18-37(31-40)38-26-28-44-39(30-38)27-29-48-47-22-9-12-25-51(47)60-52(44)48/h1-34H. The quantitative estimate of drug-likeness (QED) is 0.169. The lowest BCUT2D eigenvalue weighted by Gasteiger charge is -2.14. The molecular weight excluding hydrogens is 733 g/mol. The third-order valence-corrected chi connectivity index (χ3v) is 11.6. The van der Waals surface area contributed by atoms with E-state index >= 15 is 0 Å². The third-order valence-electron chi connectivity index (χ3n) is 11.6. The summed E-state index contributed by atoms with van der Waals surface area (Å²) in [4.78, 5) is 15.9. The summed E-state index contributed by atoms with van der Waals surface area (Å²) >= 11 is 0. The first-order valence-corrected chi connectivity index (χ1v) is 20.2. The maximum absolute atomic E-state index is 6.37. The minimum absolute atomic E-state index is 0.560. The molecule has 0 unspecified atom stereocenters. The zero-order valence-corrected chi connectivity index (χ0v) is 32.3. The number of furan rings is 1. The van der Waals surface area contributed by atoms with Crippen molar-refractivity contribution in [2.24, 2.45) is 0 Å². The molecule has 0 atom stereocenters. The van der Waals surface area contributed by atoms with Crippen molar-refractivity contribution in [3.63, 3.8) is 0 Å². The highest BCUT2D eigenvalue weighted by molar-refractivity contribution is 6.15. The van der Waals surface area contributed by atoms with Gasteiger partial charge in [0.1, 0.15) is 11.2 Å². The Balaban J connectivity index is 1.06. The zero-order chi connectivity index (χ0) is 39.6. The summed E-state index contributed by atoms with van der Waals surface area (Å²) in [5.41, 5.74) is 12.3. The third kappa shape index (κ3) is 5.67. The largest absolute Gasteiger partial charge is 0.455 e. The van der Waals surface area contributed by atoms with Crippen molar-refractivity contribution in [2.45, 2.75) is 0 Å². The molecule has 9 aromatic carbocycles. The van der Waals surface area contributed by atoms with E-state index in [0.717, 1.165) is 99.0 Å². The van der Waals surface area contributed by atoms with Crippen molar-refractivity contribution in [1.29, 1.82) is 0 Å². The van der Waals surface area contributed by atoms with Crippen molar-refractivity contribution in [1.82, 2.24) is 19.5 Å². The van der Waals surface area contributed by atoms with Crippen LogP contribution >= 0.6 is 0 Å². The lowest BCUT2D eigenvalue weighted by atomic mass is 9.96. The van der Waals surface area contributed by atoms with Crippen LogP contribution in [0.25, 0.3) is 117 Å². The van der Waals surface area contributed by atoms with E-state index in [0.29, 0.717) is 17.6 Å². The molecule has 5 heteroatoms. The van der Waals surface area contributed by atoms with Crippen LogP contribution in [0.1, 0.15) is 0 Å². The van der Waals surface area contributed by atoms with E-state index in [4.69, 9.17) is 19.4 Å². The Morgan fingerprint density at radius 3 is 1.53 bits per heavy atom. The fourth-order valence-corrected chi connectivity index (χ4v) is 8.74. The van der Waals surface area contributed by atoms with Crippen molar-refractivity contribution in [3.8, 4) is 62.1 Å². The topological polar surface area (TPSA) is 56.7 Å². The average Bonchev–Trinajstić information content (AvgIpc) is 3.88. The van der Waals surface area contributed by atoms with Gasteiger partial charge in [0.15, 0.2) is 11.6 Å². The summed E-state index contributed by atoms with van der Waals surface area (Å²) in [6.07, 6.45) is 0. The fraction of sp³-hybridized carbons (Fsp3) is 0. The minimum Gasteiger partial charge on any atom is -0.455 e. The second-order valence-electron chi connectivity index (χ2n) is 15.2. The Morgan fingerprint density at radius 2 is 0.833 bits per heavy atom. The highest BCUT2D eigenvalue weighted by Gasteiger charge is 2.19. The van der Waals surface area contributed by atoms with Crippen LogP contribution < -0.4 is 0 Å². The number of benzene rings is 9. The van der Waals surface area contributed by atoms with Crippen LogP contribution in [0, 0.1) is 0 Å². The van der Waals surface area contributed by atoms with Gasteiger partial charge in [0.2, 0.25) is 5.95 Å². The molecule has 60 heavy (non-hydrogen) atoms. The molecule has 0 spiro atoms. The minimum atomic E-state index is 0.560. The number of nitrogens with zero attached hydrogens (tertiary/aromatic N) is 4. The molecule has 0 fully saturated rings. The van der Waals surface area contributed by atoms with E-state index in [1.54, 1.807) is 0 Å². The van der Waals surface area contributed by atoms with Crippen molar-refractivity contribution in [3.05, 3.63) is 206 Å². The van der Waals surface area contributed by atoms with E-state index in [1.807, 2.05) is 24.3 Å². The summed E-state index contributed by atoms with van der Waals surface area (Å²) < 4.78 is 8.54. The van der Waals surface area contributed by atoms with E-state index in [-0.39, 0.29) is 0 Å². The van der Waals surface area contributed by atoms with Gasteiger partial charge in [-0.25, -0.2) is 4.98 Å². The molecule has 0 bridgehead atoms. The van der Waals surface area contributed by atoms with Crippen LogP contribution in [0.5, 0.6) is 0 Å². The SMILES string of the molecule is c1ccc(-c2cc(-c3ccccc3)cc(-c3nc(-c4cccc(-c5ccc6c(ccc7c8ccccc8oc67)c5)c4)nc(-n4c5ccccc5c5ccccc54)n3)c2)cc1. The molecule has 280 valence electrons. The molecule has 0 radical (unpaired) electrons. The second-order valence-corrected chi connectivity index (χ2v) is 15.2. The van der Waals surface area contributed by atoms with Crippen molar-refractivity contribution in [2.75, 3.05) is 0 Å². The molecule has 5 nitrogen and oxygen atoms in total. The van der Waals surface area contributed by atoms with Crippen LogP contribution in [0.2, 0.25) is 0 Å². The van der Waals surface area contributed by atoms with Crippen LogP contribution in [-0.4, -0.2) is 19.5 Å². The Labute approximate surface area is 345 Å². The Morgan fingerprint density at radius 1 is 0.317 bits per heavy atom. The van der Waals surface area contributed by atoms with Gasteiger partial charge in [-0.3, -0.25) is 4.57 Å². The molecule has 3 heterocycles. The lowest BCUT2D eigenvalue weighted by Crippen LogP contribution is -2.06. The van der Waals surface area contributed by atoms with Gasteiger partial charge in [-0.05, 0) is 99.4 Å². The normalized spacial score (nSPS) is 11.7. The van der Waals surface area contributed by atoms with Gasteiger partial charge in [0, 0.05) is 38.1 Å². The van der Waals surface area contributed by atoms with Crippen molar-refractivity contribution < 1.29 is 4.42 Å². The van der Waals surface area contributed by atoms with Gasteiger partial charge in [0.25, 0.3) is 0 Å². The van der Waals surface area contributed by atoms with Gasteiger partial charge >= 0.3 is 0 Å². The fourth-order valence-electron chi connectivity index (χ4n) is 8.74. The van der Waals surface area contributed by atoms with Crippen molar-refractivity contribution >= 4 is 54.5 Å². The molecule has 0 amide bonds. The highest BCUT2D eigenvalue weighted by atomic mass is 16.3. The average molecular weight is 767 g/mol. The molecule has 0 aliphatic rings. The van der Waals surface area contributed by atoms with Crippen LogP contribution in [0.3, 0.4) is 0 Å². The Kier molecular flexibility index (Phi) is 7.78. The predicted molar refractivity (Wildman–Crippen MR) is 246 cm³/mol. The van der Waals surface area contributed by atoms with Crippen LogP contribution in [0.15, 0.2) is 211 Å². The summed E-state index contributed by atoms with van der Waals surface area (Å²) in [6, 6.07) is 72.2.